The predicted octanol–water partition coefficient (Wildman–Crippen LogP) is 2.39. The minimum Gasteiger partial charge on any atom is -0.338 e. The number of pyridine rings is 1. The summed E-state index contributed by atoms with van der Waals surface area (Å²) in [5.74, 6) is 0. The summed E-state index contributed by atoms with van der Waals surface area (Å²) in [6.07, 6.45) is 1.23. The van der Waals surface area contributed by atoms with Crippen LogP contribution in [0.15, 0.2) is 34.6 Å². The number of rotatable bonds is 1. The molecule has 3 rings (SSSR count). The zero-order valence-electron chi connectivity index (χ0n) is 12.1. The maximum atomic E-state index is 12.8. The number of hydrogen-bond acceptors (Lipinski definition) is 4. The van der Waals surface area contributed by atoms with E-state index in [1.54, 1.807) is 31.2 Å². The molecule has 0 aliphatic heterocycles. The Labute approximate surface area is 130 Å². The average Bonchev–Trinajstić information content (AvgIpc) is 2.95. The molecule has 6 nitrogen and oxygen atoms in total. The van der Waals surface area contributed by atoms with Gasteiger partial charge >= 0.3 is 0 Å². The first-order valence-corrected chi connectivity index (χ1v) is 6.70. The van der Waals surface area contributed by atoms with Crippen LogP contribution in [-0.4, -0.2) is 9.38 Å². The summed E-state index contributed by atoms with van der Waals surface area (Å²) in [6, 6.07) is 12.7. The quantitative estimate of drug-likeness (QED) is 0.696. The third kappa shape index (κ3) is 1.97. The molecule has 0 aliphatic rings. The van der Waals surface area contributed by atoms with E-state index >= 15 is 0 Å². The second kappa shape index (κ2) is 5.18. The number of H-pyrrole nitrogens is 1. The lowest BCUT2D eigenvalue weighted by atomic mass is 10.0. The van der Waals surface area contributed by atoms with Crippen molar-refractivity contribution < 1.29 is 0 Å². The highest BCUT2D eigenvalue weighted by molar-refractivity contribution is 5.84. The van der Waals surface area contributed by atoms with Crippen molar-refractivity contribution >= 4 is 22.8 Å². The Morgan fingerprint density at radius 2 is 1.91 bits per heavy atom. The van der Waals surface area contributed by atoms with Crippen molar-refractivity contribution in [2.24, 2.45) is 0 Å². The Morgan fingerprint density at radius 3 is 2.57 bits per heavy atom. The molecule has 2 heterocycles. The zero-order chi connectivity index (χ0) is 16.6. The highest BCUT2D eigenvalue weighted by Gasteiger charge is 2.17. The fraction of sp³-hybridized carbons (Fsp3) is 0.0588. The van der Waals surface area contributed by atoms with E-state index in [4.69, 9.17) is 10.5 Å². The van der Waals surface area contributed by atoms with Crippen molar-refractivity contribution in [1.82, 2.24) is 9.38 Å². The van der Waals surface area contributed by atoms with Crippen LogP contribution in [0.3, 0.4) is 0 Å². The molecule has 3 aromatic rings. The monoisotopic (exact) mass is 299 g/mol. The van der Waals surface area contributed by atoms with Gasteiger partial charge in [0.25, 0.3) is 5.56 Å². The van der Waals surface area contributed by atoms with Gasteiger partial charge in [0.2, 0.25) is 0 Å². The van der Waals surface area contributed by atoms with Gasteiger partial charge in [0.15, 0.2) is 0 Å². The van der Waals surface area contributed by atoms with Crippen molar-refractivity contribution in [2.45, 2.75) is 6.92 Å². The number of hydrogen-bond donors (Lipinski definition) is 1. The maximum Gasteiger partial charge on any atom is 0.264 e. The first-order valence-electron chi connectivity index (χ1n) is 6.70. The number of allylic oxidation sites excluding steroid dienone is 1. The molecule has 6 heteroatoms. The topological polar surface area (TPSA) is 109 Å². The molecule has 0 unspecified atom stereocenters. The summed E-state index contributed by atoms with van der Waals surface area (Å²) in [4.78, 5) is 15.9. The second-order valence-electron chi connectivity index (χ2n) is 4.94. The molecule has 0 amide bonds. The molecule has 0 spiro atoms. The number of aromatic nitrogens is 2. The van der Waals surface area contributed by atoms with Gasteiger partial charge in [-0.2, -0.15) is 15.8 Å². The highest BCUT2D eigenvalue weighted by atomic mass is 16.1. The molecule has 0 radical (unpaired) electrons. The first-order chi connectivity index (χ1) is 11.1. The largest absolute Gasteiger partial charge is 0.338 e. The number of nitriles is 3. The predicted molar refractivity (Wildman–Crippen MR) is 84.2 cm³/mol. The van der Waals surface area contributed by atoms with Crippen LogP contribution in [0.25, 0.3) is 22.8 Å². The van der Waals surface area contributed by atoms with Crippen molar-refractivity contribution in [3.63, 3.8) is 0 Å². The molecule has 0 fully saturated rings. The van der Waals surface area contributed by atoms with Gasteiger partial charge in [-0.1, -0.05) is 12.1 Å². The SMILES string of the molecule is Cc1c(C=C(C#N)C#N)c(=O)n2c([nH]c3ccccc32)c1C#N. The van der Waals surface area contributed by atoms with Gasteiger partial charge in [0.1, 0.15) is 29.4 Å². The van der Waals surface area contributed by atoms with Crippen molar-refractivity contribution in [3.05, 3.63) is 56.9 Å². The van der Waals surface area contributed by atoms with Gasteiger partial charge in [0, 0.05) is 5.56 Å². The molecular weight excluding hydrogens is 290 g/mol. The highest BCUT2D eigenvalue weighted by Crippen LogP contribution is 2.22. The van der Waals surface area contributed by atoms with Crippen LogP contribution in [0.1, 0.15) is 16.7 Å². The number of nitrogens with zero attached hydrogens (tertiary/aromatic N) is 4. The molecule has 2 aromatic heterocycles. The second-order valence-corrected chi connectivity index (χ2v) is 4.94. The fourth-order valence-corrected chi connectivity index (χ4v) is 2.60. The normalized spacial score (nSPS) is 10.0. The summed E-state index contributed by atoms with van der Waals surface area (Å²) in [7, 11) is 0. The van der Waals surface area contributed by atoms with Crippen molar-refractivity contribution in [3.8, 4) is 18.2 Å². The fourth-order valence-electron chi connectivity index (χ4n) is 2.60. The minimum atomic E-state index is -0.378. The molecule has 0 aliphatic carbocycles. The number of para-hydroxylation sites is 2. The van der Waals surface area contributed by atoms with Gasteiger partial charge < -0.3 is 4.98 Å². The Balaban J connectivity index is 2.59. The molecule has 0 bridgehead atoms. The van der Waals surface area contributed by atoms with Gasteiger partial charge in [-0.05, 0) is 30.7 Å². The molecule has 1 aromatic carbocycles. The number of aromatic amines is 1. The lowest BCUT2D eigenvalue weighted by molar-refractivity contribution is 1.11. The van der Waals surface area contributed by atoms with E-state index in [0.717, 1.165) is 5.52 Å². The molecular formula is C17H9N5O. The van der Waals surface area contributed by atoms with Gasteiger partial charge in [-0.15, -0.1) is 0 Å². The summed E-state index contributed by atoms with van der Waals surface area (Å²) in [5, 5.41) is 27.3. The minimum absolute atomic E-state index is 0.168. The number of nitrogens with one attached hydrogen (secondary N) is 1. The number of fused-ring (bicyclic) bond motifs is 3. The average molecular weight is 299 g/mol. The van der Waals surface area contributed by atoms with Gasteiger partial charge in [-0.3, -0.25) is 9.20 Å². The van der Waals surface area contributed by atoms with E-state index in [1.165, 1.54) is 10.5 Å². The van der Waals surface area contributed by atoms with E-state index in [-0.39, 0.29) is 16.7 Å². The van der Waals surface area contributed by atoms with Crippen LogP contribution in [0.5, 0.6) is 0 Å². The third-order valence-corrected chi connectivity index (χ3v) is 3.71. The number of benzene rings is 1. The van der Waals surface area contributed by atoms with E-state index in [2.05, 4.69) is 11.1 Å². The van der Waals surface area contributed by atoms with Crippen LogP contribution in [0.2, 0.25) is 0 Å². The lowest BCUT2D eigenvalue weighted by Gasteiger charge is -2.05. The van der Waals surface area contributed by atoms with E-state index in [9.17, 15) is 10.1 Å². The smallest absolute Gasteiger partial charge is 0.264 e. The van der Waals surface area contributed by atoms with E-state index < -0.39 is 0 Å². The standard InChI is InChI=1S/C17H9N5O/c1-10-12(6-11(7-18)8-19)17(23)22-15-5-3-2-4-14(15)21-16(22)13(10)9-20/h2-6,21H,1H3. The molecule has 0 atom stereocenters. The summed E-state index contributed by atoms with van der Waals surface area (Å²) in [5.41, 5.74) is 2.11. The number of imidazole rings is 1. The molecule has 23 heavy (non-hydrogen) atoms. The molecule has 1 N–H and O–H groups in total. The summed E-state index contributed by atoms with van der Waals surface area (Å²) >= 11 is 0. The molecule has 0 saturated heterocycles. The molecule has 108 valence electrons. The van der Waals surface area contributed by atoms with Crippen LogP contribution in [0.4, 0.5) is 0 Å². The van der Waals surface area contributed by atoms with E-state index in [1.807, 2.05) is 12.1 Å². The first kappa shape index (κ1) is 14.1. The Kier molecular flexibility index (Phi) is 3.18. The lowest BCUT2D eigenvalue weighted by Crippen LogP contribution is -2.18. The van der Waals surface area contributed by atoms with Crippen molar-refractivity contribution in [1.29, 1.82) is 15.8 Å². The van der Waals surface area contributed by atoms with Crippen LogP contribution < -0.4 is 5.56 Å². The Morgan fingerprint density at radius 1 is 1.22 bits per heavy atom. The Hall–Kier alpha value is -3.82. The van der Waals surface area contributed by atoms with Crippen molar-refractivity contribution in [2.75, 3.05) is 0 Å². The maximum absolute atomic E-state index is 12.8. The third-order valence-electron chi connectivity index (χ3n) is 3.71. The molecule has 0 saturated carbocycles. The van der Waals surface area contributed by atoms with E-state index in [0.29, 0.717) is 22.3 Å². The summed E-state index contributed by atoms with van der Waals surface area (Å²) in [6.45, 7) is 1.63. The van der Waals surface area contributed by atoms with Gasteiger partial charge in [0.05, 0.1) is 16.6 Å². The zero-order valence-corrected chi connectivity index (χ0v) is 12.1. The Bertz CT molecular complexity index is 1160. The van der Waals surface area contributed by atoms with Crippen LogP contribution in [-0.2, 0) is 0 Å². The van der Waals surface area contributed by atoms with Crippen LogP contribution in [0, 0.1) is 40.9 Å². The van der Waals surface area contributed by atoms with Gasteiger partial charge in [-0.25, -0.2) is 0 Å². The van der Waals surface area contributed by atoms with Crippen LogP contribution >= 0.6 is 0 Å². The summed E-state index contributed by atoms with van der Waals surface area (Å²) < 4.78 is 1.40.